The van der Waals surface area contributed by atoms with Gasteiger partial charge in [0.2, 0.25) is 0 Å². The molecule has 0 aliphatic rings. The zero-order valence-electron chi connectivity index (χ0n) is 19.6. The Morgan fingerprint density at radius 2 is 1.08 bits per heavy atom. The van der Waals surface area contributed by atoms with Gasteiger partial charge in [0.05, 0.1) is 0 Å². The Balaban J connectivity index is 1.39. The van der Waals surface area contributed by atoms with E-state index in [4.69, 9.17) is 4.42 Å². The summed E-state index contributed by atoms with van der Waals surface area (Å²) < 4.78 is 6.09. The van der Waals surface area contributed by atoms with Gasteiger partial charge in [-0.2, -0.15) is 0 Å². The third-order valence-corrected chi connectivity index (χ3v) is 6.82. The van der Waals surface area contributed by atoms with Crippen molar-refractivity contribution in [2.24, 2.45) is 0 Å². The molecule has 2 heteroatoms. The van der Waals surface area contributed by atoms with Gasteiger partial charge in [0.15, 0.2) is 0 Å². The highest BCUT2D eigenvalue weighted by Crippen LogP contribution is 2.39. The van der Waals surface area contributed by atoms with Gasteiger partial charge in [-0.05, 0) is 76.5 Å². The molecule has 0 fully saturated rings. The molecule has 0 bridgehead atoms. The number of rotatable bonds is 4. The molecule has 1 aromatic heterocycles. The third-order valence-electron chi connectivity index (χ3n) is 6.82. The second-order valence-electron chi connectivity index (χ2n) is 9.06. The summed E-state index contributed by atoms with van der Waals surface area (Å²) >= 11 is 0. The highest BCUT2D eigenvalue weighted by molar-refractivity contribution is 6.06. The molecule has 6 aromatic carbocycles. The van der Waals surface area contributed by atoms with E-state index < -0.39 is 0 Å². The summed E-state index contributed by atoms with van der Waals surface area (Å²) in [4.78, 5) is 2.31. The Kier molecular flexibility index (Phi) is 4.82. The largest absolute Gasteiger partial charge is 0.456 e. The van der Waals surface area contributed by atoms with Crippen molar-refractivity contribution in [3.05, 3.63) is 140 Å². The Bertz CT molecular complexity index is 1850. The van der Waals surface area contributed by atoms with Gasteiger partial charge in [0.1, 0.15) is 11.2 Å². The van der Waals surface area contributed by atoms with Gasteiger partial charge in [0.25, 0.3) is 0 Å². The summed E-state index contributed by atoms with van der Waals surface area (Å²) in [7, 11) is 0. The van der Waals surface area contributed by atoms with Crippen molar-refractivity contribution in [1.29, 1.82) is 0 Å². The van der Waals surface area contributed by atoms with E-state index in [1.54, 1.807) is 0 Å². The lowest BCUT2D eigenvalue weighted by atomic mass is 10.0. The minimum absolute atomic E-state index is 0.901. The van der Waals surface area contributed by atoms with Crippen LogP contribution in [0.5, 0.6) is 0 Å². The first kappa shape index (κ1) is 20.5. The van der Waals surface area contributed by atoms with Gasteiger partial charge >= 0.3 is 0 Å². The fourth-order valence-electron chi connectivity index (χ4n) is 5.07. The van der Waals surface area contributed by atoms with Crippen molar-refractivity contribution < 1.29 is 4.42 Å². The van der Waals surface area contributed by atoms with Crippen LogP contribution >= 0.6 is 0 Å². The van der Waals surface area contributed by atoms with Crippen LogP contribution in [-0.2, 0) is 0 Å². The predicted molar refractivity (Wildman–Crippen MR) is 151 cm³/mol. The number of anilines is 3. The lowest BCUT2D eigenvalue weighted by Gasteiger charge is -2.26. The minimum atomic E-state index is 0.901. The zero-order chi connectivity index (χ0) is 23.9. The molecule has 0 spiro atoms. The van der Waals surface area contributed by atoms with E-state index in [0.29, 0.717) is 0 Å². The molecular weight excluding hydrogens is 438 g/mol. The number of hydrogen-bond acceptors (Lipinski definition) is 2. The Morgan fingerprint density at radius 1 is 0.389 bits per heavy atom. The molecule has 2 nitrogen and oxygen atoms in total. The maximum atomic E-state index is 6.09. The van der Waals surface area contributed by atoms with Gasteiger partial charge in [-0.3, -0.25) is 0 Å². The van der Waals surface area contributed by atoms with E-state index in [1.165, 1.54) is 21.9 Å². The normalized spacial score (nSPS) is 11.3. The van der Waals surface area contributed by atoms with Crippen LogP contribution in [0, 0.1) is 0 Å². The molecule has 7 aromatic rings. The second-order valence-corrected chi connectivity index (χ2v) is 9.06. The van der Waals surface area contributed by atoms with Crippen molar-refractivity contribution >= 4 is 49.8 Å². The molecule has 0 saturated heterocycles. The Labute approximate surface area is 209 Å². The van der Waals surface area contributed by atoms with Crippen LogP contribution in [0.3, 0.4) is 0 Å². The monoisotopic (exact) mass is 461 g/mol. The SMILES string of the molecule is c1ccc(N(c2cccc(-c3ccc4ccccc4c3)c2)c2ccc3oc4ccccc4c3c2)cc1. The van der Waals surface area contributed by atoms with Crippen molar-refractivity contribution in [2.75, 3.05) is 4.90 Å². The van der Waals surface area contributed by atoms with Crippen LogP contribution in [0.4, 0.5) is 17.1 Å². The van der Waals surface area contributed by atoms with Crippen LogP contribution < -0.4 is 4.90 Å². The van der Waals surface area contributed by atoms with Crippen molar-refractivity contribution in [3.63, 3.8) is 0 Å². The van der Waals surface area contributed by atoms with Crippen LogP contribution in [0.2, 0.25) is 0 Å². The maximum absolute atomic E-state index is 6.09. The summed E-state index contributed by atoms with van der Waals surface area (Å²) in [5, 5.41) is 4.75. The zero-order valence-corrected chi connectivity index (χ0v) is 19.6. The first-order valence-electron chi connectivity index (χ1n) is 12.2. The molecule has 0 saturated carbocycles. The van der Waals surface area contributed by atoms with Gasteiger partial charge in [0, 0.05) is 27.8 Å². The summed E-state index contributed by atoms with van der Waals surface area (Å²) in [6, 6.07) is 49.2. The van der Waals surface area contributed by atoms with E-state index in [2.05, 4.69) is 132 Å². The fraction of sp³-hybridized carbons (Fsp3) is 0. The first-order chi connectivity index (χ1) is 17.8. The first-order valence-corrected chi connectivity index (χ1v) is 12.2. The van der Waals surface area contributed by atoms with Crippen molar-refractivity contribution in [2.45, 2.75) is 0 Å². The van der Waals surface area contributed by atoms with Gasteiger partial charge in [-0.25, -0.2) is 0 Å². The summed E-state index contributed by atoms with van der Waals surface area (Å²) in [6.45, 7) is 0. The van der Waals surface area contributed by atoms with Crippen LogP contribution in [0.15, 0.2) is 144 Å². The number of fused-ring (bicyclic) bond motifs is 4. The maximum Gasteiger partial charge on any atom is 0.135 e. The second kappa shape index (κ2) is 8.44. The van der Waals surface area contributed by atoms with Crippen molar-refractivity contribution in [1.82, 2.24) is 0 Å². The summed E-state index contributed by atoms with van der Waals surface area (Å²) in [5.41, 5.74) is 7.52. The van der Waals surface area contributed by atoms with E-state index in [9.17, 15) is 0 Å². The molecule has 1 heterocycles. The molecule has 7 rings (SSSR count). The smallest absolute Gasteiger partial charge is 0.135 e. The molecule has 0 aliphatic heterocycles. The van der Waals surface area contributed by atoms with E-state index in [-0.39, 0.29) is 0 Å². The van der Waals surface area contributed by atoms with Crippen LogP contribution in [-0.4, -0.2) is 0 Å². The number of nitrogens with zero attached hydrogens (tertiary/aromatic N) is 1. The van der Waals surface area contributed by atoms with E-state index in [0.717, 1.165) is 39.0 Å². The topological polar surface area (TPSA) is 16.4 Å². The van der Waals surface area contributed by atoms with Crippen LogP contribution in [0.25, 0.3) is 43.8 Å². The van der Waals surface area contributed by atoms with E-state index >= 15 is 0 Å². The van der Waals surface area contributed by atoms with Crippen molar-refractivity contribution in [3.8, 4) is 11.1 Å². The number of para-hydroxylation sites is 2. The molecular formula is C34H23NO. The summed E-state index contributed by atoms with van der Waals surface area (Å²) in [5.74, 6) is 0. The predicted octanol–water partition coefficient (Wildman–Crippen LogP) is 9.88. The molecule has 0 amide bonds. The Hall–Kier alpha value is -4.82. The van der Waals surface area contributed by atoms with Gasteiger partial charge in [-0.15, -0.1) is 0 Å². The van der Waals surface area contributed by atoms with E-state index in [1.807, 2.05) is 12.1 Å². The molecule has 0 atom stereocenters. The average molecular weight is 462 g/mol. The Morgan fingerprint density at radius 3 is 2.00 bits per heavy atom. The lowest BCUT2D eigenvalue weighted by Crippen LogP contribution is -2.09. The lowest BCUT2D eigenvalue weighted by molar-refractivity contribution is 0.669. The highest BCUT2D eigenvalue weighted by atomic mass is 16.3. The molecule has 170 valence electrons. The van der Waals surface area contributed by atoms with Gasteiger partial charge < -0.3 is 9.32 Å². The van der Waals surface area contributed by atoms with Crippen LogP contribution in [0.1, 0.15) is 0 Å². The third kappa shape index (κ3) is 3.52. The number of benzene rings is 6. The highest BCUT2D eigenvalue weighted by Gasteiger charge is 2.16. The minimum Gasteiger partial charge on any atom is -0.456 e. The van der Waals surface area contributed by atoms with Gasteiger partial charge in [-0.1, -0.05) is 84.9 Å². The molecule has 0 N–H and O–H groups in total. The standard InChI is InChI=1S/C34H23NO/c1-2-12-28(13-3-1)35(30-19-20-34-32(23-30)31-15-6-7-16-33(31)36-34)29-14-8-11-26(22-29)27-18-17-24-9-4-5-10-25(24)21-27/h1-23H. The molecule has 0 aliphatic carbocycles. The quantitative estimate of drug-likeness (QED) is 0.259. The molecule has 0 radical (unpaired) electrons. The number of furan rings is 1. The number of hydrogen-bond donors (Lipinski definition) is 0. The molecule has 0 unspecified atom stereocenters. The average Bonchev–Trinajstić information content (AvgIpc) is 3.32. The molecule has 36 heavy (non-hydrogen) atoms. The summed E-state index contributed by atoms with van der Waals surface area (Å²) in [6.07, 6.45) is 0. The fourth-order valence-corrected chi connectivity index (χ4v) is 5.07.